The predicted molar refractivity (Wildman–Crippen MR) is 101 cm³/mol. The van der Waals surface area contributed by atoms with Crippen LogP contribution < -0.4 is 20.1 Å². The molecule has 0 bridgehead atoms. The fraction of sp³-hybridized carbons (Fsp3) is 0.286. The molecule has 0 aromatic heterocycles. The van der Waals surface area contributed by atoms with Gasteiger partial charge in [0.2, 0.25) is 18.6 Å². The molecule has 2 aromatic carbocycles. The molecule has 7 nitrogen and oxygen atoms in total. The van der Waals surface area contributed by atoms with Crippen LogP contribution >= 0.6 is 0 Å². The van der Waals surface area contributed by atoms with Crippen LogP contribution in [0.15, 0.2) is 42.5 Å². The zero-order valence-electron chi connectivity index (χ0n) is 15.4. The van der Waals surface area contributed by atoms with Crippen molar-refractivity contribution < 1.29 is 23.9 Å². The van der Waals surface area contributed by atoms with Crippen LogP contribution in [0.25, 0.3) is 0 Å². The Balaban J connectivity index is 1.51. The Morgan fingerprint density at radius 3 is 2.57 bits per heavy atom. The Labute approximate surface area is 162 Å². The number of carbonyl (C=O) groups excluding carboxylic acids is 3. The Bertz CT molecular complexity index is 954. The van der Waals surface area contributed by atoms with Gasteiger partial charge in [0.25, 0.3) is 5.91 Å². The van der Waals surface area contributed by atoms with Crippen molar-refractivity contribution >= 4 is 23.4 Å². The Hall–Kier alpha value is -3.35. The minimum atomic E-state index is -0.715. The second-order valence-corrected chi connectivity index (χ2v) is 6.91. The molecular weight excluding hydrogens is 360 g/mol. The second-order valence-electron chi connectivity index (χ2n) is 6.91. The van der Waals surface area contributed by atoms with Crippen molar-refractivity contribution in [3.8, 4) is 11.5 Å². The van der Waals surface area contributed by atoms with Crippen LogP contribution in [0.4, 0.5) is 5.69 Å². The van der Waals surface area contributed by atoms with E-state index >= 15 is 0 Å². The zero-order valence-corrected chi connectivity index (χ0v) is 15.4. The molecule has 2 N–H and O–H groups in total. The normalized spacial score (nSPS) is 20.6. The summed E-state index contributed by atoms with van der Waals surface area (Å²) in [6.45, 7) is 2.09. The molecule has 1 fully saturated rings. The molecule has 2 aromatic rings. The molecule has 0 aliphatic carbocycles. The van der Waals surface area contributed by atoms with E-state index in [1.807, 2.05) is 19.1 Å². The minimum Gasteiger partial charge on any atom is -0.454 e. The maximum absolute atomic E-state index is 12.5. The van der Waals surface area contributed by atoms with E-state index in [0.29, 0.717) is 42.0 Å². The third kappa shape index (κ3) is 3.09. The maximum Gasteiger partial charge on any atom is 0.255 e. The van der Waals surface area contributed by atoms with Crippen molar-refractivity contribution in [2.45, 2.75) is 31.6 Å². The zero-order chi connectivity index (χ0) is 19.7. The first kappa shape index (κ1) is 18.0. The average Bonchev–Trinajstić information content (AvgIpc) is 3.17. The number of nitrogens with one attached hydrogen (secondary N) is 2. The van der Waals surface area contributed by atoms with E-state index in [0.717, 1.165) is 5.56 Å². The Morgan fingerprint density at radius 1 is 1.11 bits per heavy atom. The number of amides is 3. The standard InChI is InChI=1S/C21H20N2O5/c1-2-21(10-9-18(24)23-20(21)26)14-4-6-15(7-5-14)22-19(25)13-3-8-16-17(11-13)28-12-27-16/h3-8,11H,2,9-10,12H2,1H3,(H,22,25)(H,23,24,26)/t21-/m1/s1. The number of rotatable bonds is 4. The molecule has 2 aliphatic heterocycles. The Kier molecular flexibility index (Phi) is 4.50. The van der Waals surface area contributed by atoms with Gasteiger partial charge in [-0.15, -0.1) is 0 Å². The molecule has 3 amide bonds. The maximum atomic E-state index is 12.5. The lowest BCUT2D eigenvalue weighted by molar-refractivity contribution is -0.138. The third-order valence-corrected chi connectivity index (χ3v) is 5.40. The summed E-state index contributed by atoms with van der Waals surface area (Å²) < 4.78 is 10.5. The number of fused-ring (bicyclic) bond motifs is 1. The minimum absolute atomic E-state index is 0.153. The summed E-state index contributed by atoms with van der Waals surface area (Å²) in [5.74, 6) is 0.406. The number of carbonyl (C=O) groups is 3. The SMILES string of the molecule is CC[C@]1(c2ccc(NC(=O)c3ccc4c(c3)OCO4)cc2)CCC(=O)NC1=O. The lowest BCUT2D eigenvalue weighted by Gasteiger charge is -2.35. The van der Waals surface area contributed by atoms with Crippen LogP contribution in [0.3, 0.4) is 0 Å². The molecule has 1 saturated heterocycles. The molecule has 0 radical (unpaired) electrons. The molecule has 7 heteroatoms. The monoisotopic (exact) mass is 380 g/mol. The van der Waals surface area contributed by atoms with E-state index in [-0.39, 0.29) is 24.5 Å². The number of ether oxygens (including phenoxy) is 2. The van der Waals surface area contributed by atoms with Crippen LogP contribution in [0, 0.1) is 0 Å². The number of anilines is 1. The van der Waals surface area contributed by atoms with Gasteiger partial charge in [0.05, 0.1) is 5.41 Å². The van der Waals surface area contributed by atoms with Gasteiger partial charge >= 0.3 is 0 Å². The van der Waals surface area contributed by atoms with E-state index < -0.39 is 5.41 Å². The third-order valence-electron chi connectivity index (χ3n) is 5.40. The van der Waals surface area contributed by atoms with Crippen LogP contribution in [0.1, 0.15) is 42.1 Å². The summed E-state index contributed by atoms with van der Waals surface area (Å²) in [5, 5.41) is 5.28. The van der Waals surface area contributed by atoms with Crippen molar-refractivity contribution in [2.24, 2.45) is 0 Å². The van der Waals surface area contributed by atoms with E-state index in [4.69, 9.17) is 9.47 Å². The summed E-state index contributed by atoms with van der Waals surface area (Å²) in [6.07, 6.45) is 1.40. The average molecular weight is 380 g/mol. The number of piperidine rings is 1. The van der Waals surface area contributed by atoms with E-state index in [1.54, 1.807) is 30.3 Å². The van der Waals surface area contributed by atoms with Crippen molar-refractivity contribution in [3.63, 3.8) is 0 Å². The highest BCUT2D eigenvalue weighted by molar-refractivity contribution is 6.05. The van der Waals surface area contributed by atoms with Crippen LogP contribution in [0.5, 0.6) is 11.5 Å². The highest BCUT2D eigenvalue weighted by Gasteiger charge is 2.42. The smallest absolute Gasteiger partial charge is 0.255 e. The van der Waals surface area contributed by atoms with Crippen molar-refractivity contribution in [2.75, 3.05) is 12.1 Å². The molecule has 1 atom stereocenters. The number of benzene rings is 2. The second kappa shape index (κ2) is 6.99. The first-order valence-corrected chi connectivity index (χ1v) is 9.18. The quantitative estimate of drug-likeness (QED) is 0.796. The molecule has 0 spiro atoms. The van der Waals surface area contributed by atoms with E-state index in [2.05, 4.69) is 10.6 Å². The van der Waals surface area contributed by atoms with Gasteiger partial charge in [-0.05, 0) is 48.7 Å². The fourth-order valence-corrected chi connectivity index (χ4v) is 3.68. The van der Waals surface area contributed by atoms with Gasteiger partial charge in [-0.2, -0.15) is 0 Å². The first-order valence-electron chi connectivity index (χ1n) is 9.18. The largest absolute Gasteiger partial charge is 0.454 e. The molecular formula is C21H20N2O5. The van der Waals surface area contributed by atoms with Crippen LogP contribution in [0.2, 0.25) is 0 Å². The lowest BCUT2D eigenvalue weighted by Crippen LogP contribution is -2.51. The number of imide groups is 1. The molecule has 28 heavy (non-hydrogen) atoms. The van der Waals surface area contributed by atoms with Gasteiger partial charge in [0, 0.05) is 17.7 Å². The topological polar surface area (TPSA) is 93.7 Å². The number of hydrogen-bond donors (Lipinski definition) is 2. The highest BCUT2D eigenvalue weighted by Crippen LogP contribution is 2.36. The van der Waals surface area contributed by atoms with Gasteiger partial charge in [0.1, 0.15) is 0 Å². The van der Waals surface area contributed by atoms with Gasteiger partial charge in [-0.25, -0.2) is 0 Å². The molecule has 2 aliphatic rings. The van der Waals surface area contributed by atoms with Crippen molar-refractivity contribution in [1.29, 1.82) is 0 Å². The lowest BCUT2D eigenvalue weighted by atomic mass is 9.72. The summed E-state index contributed by atoms with van der Waals surface area (Å²) in [5.41, 5.74) is 1.20. The summed E-state index contributed by atoms with van der Waals surface area (Å²) in [7, 11) is 0. The first-order chi connectivity index (χ1) is 13.5. The van der Waals surface area contributed by atoms with Gasteiger partial charge < -0.3 is 14.8 Å². The van der Waals surface area contributed by atoms with E-state index in [1.165, 1.54) is 0 Å². The van der Waals surface area contributed by atoms with Crippen LogP contribution in [-0.4, -0.2) is 24.5 Å². The van der Waals surface area contributed by atoms with Crippen molar-refractivity contribution in [1.82, 2.24) is 5.32 Å². The summed E-state index contributed by atoms with van der Waals surface area (Å²) in [6, 6.07) is 12.2. The number of hydrogen-bond acceptors (Lipinski definition) is 5. The van der Waals surface area contributed by atoms with Gasteiger partial charge in [-0.3, -0.25) is 19.7 Å². The Morgan fingerprint density at radius 2 is 1.86 bits per heavy atom. The molecule has 4 rings (SSSR count). The molecule has 144 valence electrons. The van der Waals surface area contributed by atoms with Gasteiger partial charge in [0.15, 0.2) is 11.5 Å². The van der Waals surface area contributed by atoms with Gasteiger partial charge in [-0.1, -0.05) is 19.1 Å². The molecule has 0 saturated carbocycles. The summed E-state index contributed by atoms with van der Waals surface area (Å²) >= 11 is 0. The molecule has 0 unspecified atom stereocenters. The molecule has 2 heterocycles. The highest BCUT2D eigenvalue weighted by atomic mass is 16.7. The van der Waals surface area contributed by atoms with Crippen LogP contribution in [-0.2, 0) is 15.0 Å². The van der Waals surface area contributed by atoms with Crippen molar-refractivity contribution in [3.05, 3.63) is 53.6 Å². The van der Waals surface area contributed by atoms with E-state index in [9.17, 15) is 14.4 Å². The fourth-order valence-electron chi connectivity index (χ4n) is 3.68. The summed E-state index contributed by atoms with van der Waals surface area (Å²) in [4.78, 5) is 36.5. The predicted octanol–water partition coefficient (Wildman–Crippen LogP) is 2.75.